The van der Waals surface area contributed by atoms with Crippen molar-refractivity contribution in [1.29, 1.82) is 0 Å². The summed E-state index contributed by atoms with van der Waals surface area (Å²) >= 11 is 6.32. The molecule has 0 saturated heterocycles. The molecular weight excluding hydrogens is 196 g/mol. The molecule has 0 N–H and O–H groups in total. The second kappa shape index (κ2) is 8.55. The van der Waals surface area contributed by atoms with Crippen molar-refractivity contribution in [3.8, 4) is 0 Å². The van der Waals surface area contributed by atoms with Crippen molar-refractivity contribution >= 4 is 11.6 Å². The standard InChI is InChI=1S/C12H25ClO/c1-4-7-8-9-10-14-11-12(13,5-2)6-3/h4-11H2,1-3H3. The van der Waals surface area contributed by atoms with Gasteiger partial charge in [0.25, 0.3) is 0 Å². The SMILES string of the molecule is CCCCCCOCC(Cl)(CC)CC. The van der Waals surface area contributed by atoms with Crippen LogP contribution >= 0.6 is 11.6 Å². The molecule has 0 aliphatic rings. The lowest BCUT2D eigenvalue weighted by molar-refractivity contribution is 0.103. The van der Waals surface area contributed by atoms with E-state index in [1.165, 1.54) is 25.7 Å². The molecule has 0 aliphatic carbocycles. The van der Waals surface area contributed by atoms with Crippen LogP contribution in [0.2, 0.25) is 0 Å². The minimum absolute atomic E-state index is 0.120. The predicted molar refractivity (Wildman–Crippen MR) is 64.1 cm³/mol. The highest BCUT2D eigenvalue weighted by molar-refractivity contribution is 6.24. The Balaban J connectivity index is 3.34. The molecule has 0 aromatic rings. The Labute approximate surface area is 94.2 Å². The number of hydrogen-bond acceptors (Lipinski definition) is 1. The molecule has 0 amide bonds. The van der Waals surface area contributed by atoms with Gasteiger partial charge >= 0.3 is 0 Å². The van der Waals surface area contributed by atoms with Crippen LogP contribution in [0, 0.1) is 0 Å². The van der Waals surface area contributed by atoms with Gasteiger partial charge in [0.15, 0.2) is 0 Å². The first kappa shape index (κ1) is 14.2. The van der Waals surface area contributed by atoms with Crippen molar-refractivity contribution in [2.24, 2.45) is 0 Å². The maximum absolute atomic E-state index is 6.32. The maximum Gasteiger partial charge on any atom is 0.0674 e. The summed E-state index contributed by atoms with van der Waals surface area (Å²) in [6.07, 6.45) is 7.03. The molecule has 0 aromatic heterocycles. The third kappa shape index (κ3) is 6.67. The van der Waals surface area contributed by atoms with Gasteiger partial charge in [0.05, 0.1) is 11.5 Å². The van der Waals surface area contributed by atoms with E-state index in [2.05, 4.69) is 20.8 Å². The fourth-order valence-corrected chi connectivity index (χ4v) is 1.42. The van der Waals surface area contributed by atoms with Crippen molar-refractivity contribution in [1.82, 2.24) is 0 Å². The summed E-state index contributed by atoms with van der Waals surface area (Å²) in [7, 11) is 0. The zero-order valence-corrected chi connectivity index (χ0v) is 10.7. The van der Waals surface area contributed by atoms with E-state index in [1.54, 1.807) is 0 Å². The molecule has 86 valence electrons. The van der Waals surface area contributed by atoms with E-state index in [0.29, 0.717) is 6.61 Å². The molecule has 2 heteroatoms. The second-order valence-corrected chi connectivity index (χ2v) is 4.77. The molecule has 0 atom stereocenters. The lowest BCUT2D eigenvalue weighted by Crippen LogP contribution is -2.26. The fourth-order valence-electron chi connectivity index (χ4n) is 1.34. The fraction of sp³-hybridized carbons (Fsp3) is 1.00. The Morgan fingerprint density at radius 1 is 1.00 bits per heavy atom. The van der Waals surface area contributed by atoms with Gasteiger partial charge in [0.1, 0.15) is 0 Å². The number of unbranched alkanes of at least 4 members (excludes halogenated alkanes) is 3. The van der Waals surface area contributed by atoms with E-state index in [9.17, 15) is 0 Å². The van der Waals surface area contributed by atoms with Crippen LogP contribution in [0.5, 0.6) is 0 Å². The Hall–Kier alpha value is 0.250. The molecule has 0 heterocycles. The number of halogens is 1. The summed E-state index contributed by atoms with van der Waals surface area (Å²) in [5.41, 5.74) is 0. The molecule has 1 nitrogen and oxygen atoms in total. The van der Waals surface area contributed by atoms with Gasteiger partial charge < -0.3 is 4.74 Å². The monoisotopic (exact) mass is 220 g/mol. The normalized spacial score (nSPS) is 12.0. The Bertz CT molecular complexity index is 121. The molecule has 0 aliphatic heterocycles. The zero-order valence-electron chi connectivity index (χ0n) is 9.94. The Morgan fingerprint density at radius 3 is 2.14 bits per heavy atom. The van der Waals surface area contributed by atoms with Gasteiger partial charge in [-0.1, -0.05) is 40.0 Å². The van der Waals surface area contributed by atoms with Crippen LogP contribution in [0.15, 0.2) is 0 Å². The average Bonchev–Trinajstić information content (AvgIpc) is 2.23. The van der Waals surface area contributed by atoms with Crippen LogP contribution in [-0.2, 0) is 4.74 Å². The number of hydrogen-bond donors (Lipinski definition) is 0. The summed E-state index contributed by atoms with van der Waals surface area (Å²) in [4.78, 5) is -0.120. The van der Waals surface area contributed by atoms with Crippen molar-refractivity contribution in [3.63, 3.8) is 0 Å². The predicted octanol–water partition coefficient (Wildman–Crippen LogP) is 4.38. The Morgan fingerprint density at radius 2 is 1.64 bits per heavy atom. The Kier molecular flexibility index (Phi) is 8.70. The molecular formula is C12H25ClO. The first-order valence-corrected chi connectivity index (χ1v) is 6.33. The summed E-state index contributed by atoms with van der Waals surface area (Å²) in [5.74, 6) is 0. The number of alkyl halides is 1. The van der Waals surface area contributed by atoms with E-state index in [1.807, 2.05) is 0 Å². The van der Waals surface area contributed by atoms with Crippen molar-refractivity contribution in [2.45, 2.75) is 64.2 Å². The molecule has 0 rings (SSSR count). The molecule has 0 unspecified atom stereocenters. The van der Waals surface area contributed by atoms with E-state index in [-0.39, 0.29) is 4.87 Å². The van der Waals surface area contributed by atoms with Gasteiger partial charge in [-0.3, -0.25) is 0 Å². The van der Waals surface area contributed by atoms with Gasteiger partial charge in [-0.25, -0.2) is 0 Å². The lowest BCUT2D eigenvalue weighted by atomic mass is 10.0. The van der Waals surface area contributed by atoms with Gasteiger partial charge in [0, 0.05) is 6.61 Å². The van der Waals surface area contributed by atoms with Crippen LogP contribution in [-0.4, -0.2) is 18.1 Å². The smallest absolute Gasteiger partial charge is 0.0674 e. The quantitative estimate of drug-likeness (QED) is 0.414. The maximum atomic E-state index is 6.32. The van der Waals surface area contributed by atoms with Gasteiger partial charge in [-0.05, 0) is 19.3 Å². The molecule has 0 spiro atoms. The molecule has 0 fully saturated rings. The first-order valence-electron chi connectivity index (χ1n) is 5.95. The van der Waals surface area contributed by atoms with Gasteiger partial charge in [-0.2, -0.15) is 0 Å². The number of ether oxygens (including phenoxy) is 1. The van der Waals surface area contributed by atoms with E-state index >= 15 is 0 Å². The molecule has 0 bridgehead atoms. The summed E-state index contributed by atoms with van der Waals surface area (Å²) in [6.45, 7) is 8.04. The summed E-state index contributed by atoms with van der Waals surface area (Å²) in [5, 5.41) is 0. The average molecular weight is 221 g/mol. The lowest BCUT2D eigenvalue weighted by Gasteiger charge is -2.23. The molecule has 14 heavy (non-hydrogen) atoms. The highest BCUT2D eigenvalue weighted by Gasteiger charge is 2.22. The third-order valence-electron chi connectivity index (χ3n) is 2.77. The molecule has 0 saturated carbocycles. The largest absolute Gasteiger partial charge is 0.380 e. The van der Waals surface area contributed by atoms with Crippen LogP contribution in [0.3, 0.4) is 0 Å². The highest BCUT2D eigenvalue weighted by Crippen LogP contribution is 2.24. The van der Waals surface area contributed by atoms with E-state index in [0.717, 1.165) is 19.4 Å². The van der Waals surface area contributed by atoms with Crippen molar-refractivity contribution in [2.75, 3.05) is 13.2 Å². The minimum atomic E-state index is -0.120. The van der Waals surface area contributed by atoms with Crippen LogP contribution in [0.4, 0.5) is 0 Å². The van der Waals surface area contributed by atoms with Crippen LogP contribution in [0.1, 0.15) is 59.3 Å². The van der Waals surface area contributed by atoms with E-state index in [4.69, 9.17) is 16.3 Å². The topological polar surface area (TPSA) is 9.23 Å². The van der Waals surface area contributed by atoms with Crippen LogP contribution in [0.25, 0.3) is 0 Å². The van der Waals surface area contributed by atoms with Gasteiger partial charge in [0.2, 0.25) is 0 Å². The van der Waals surface area contributed by atoms with Crippen molar-refractivity contribution in [3.05, 3.63) is 0 Å². The first-order chi connectivity index (χ1) is 6.68. The summed E-state index contributed by atoms with van der Waals surface area (Å²) in [6, 6.07) is 0. The zero-order chi connectivity index (χ0) is 10.9. The number of rotatable bonds is 9. The third-order valence-corrected chi connectivity index (χ3v) is 3.41. The highest BCUT2D eigenvalue weighted by atomic mass is 35.5. The molecule has 0 radical (unpaired) electrons. The molecule has 0 aromatic carbocycles. The van der Waals surface area contributed by atoms with Gasteiger partial charge in [-0.15, -0.1) is 11.6 Å². The summed E-state index contributed by atoms with van der Waals surface area (Å²) < 4.78 is 5.60. The minimum Gasteiger partial charge on any atom is -0.380 e. The van der Waals surface area contributed by atoms with E-state index < -0.39 is 0 Å². The second-order valence-electron chi connectivity index (χ2n) is 3.97. The van der Waals surface area contributed by atoms with Crippen LogP contribution < -0.4 is 0 Å². The van der Waals surface area contributed by atoms with Crippen molar-refractivity contribution < 1.29 is 4.74 Å².